The second-order valence-electron chi connectivity index (χ2n) is 5.88. The van der Waals surface area contributed by atoms with E-state index in [1.807, 2.05) is 18.2 Å². The van der Waals surface area contributed by atoms with E-state index in [1.165, 1.54) is 35.9 Å². The number of hydrogen-bond acceptors (Lipinski definition) is 5. The van der Waals surface area contributed by atoms with Crippen LogP contribution in [0.25, 0.3) is 0 Å². The number of alkyl halides is 2. The number of ether oxygens (including phenoxy) is 2. The first-order chi connectivity index (χ1) is 13.5. The lowest BCUT2D eigenvalue weighted by molar-refractivity contribution is -0.123. The van der Waals surface area contributed by atoms with Gasteiger partial charge in [-0.25, -0.2) is 0 Å². The molecule has 0 atom stereocenters. The lowest BCUT2D eigenvalue weighted by Gasteiger charge is -2.28. The van der Waals surface area contributed by atoms with Crippen LogP contribution in [0.4, 0.5) is 14.5 Å². The Hall–Kier alpha value is -2.81. The summed E-state index contributed by atoms with van der Waals surface area (Å²) in [5.41, 5.74) is 1.27. The highest BCUT2D eigenvalue weighted by molar-refractivity contribution is 8.00. The highest BCUT2D eigenvalue weighted by atomic mass is 32.2. The van der Waals surface area contributed by atoms with Crippen LogP contribution < -0.4 is 19.7 Å². The molecule has 9 heteroatoms. The number of methoxy groups -OCH3 is 1. The molecule has 2 aromatic carbocycles. The van der Waals surface area contributed by atoms with E-state index in [1.54, 1.807) is 12.1 Å². The maximum Gasteiger partial charge on any atom is 0.387 e. The number of nitrogens with one attached hydrogen (secondary N) is 1. The van der Waals surface area contributed by atoms with E-state index in [9.17, 15) is 18.4 Å². The minimum Gasteiger partial charge on any atom is -0.493 e. The molecule has 0 aliphatic carbocycles. The predicted molar refractivity (Wildman–Crippen MR) is 101 cm³/mol. The fraction of sp³-hybridized carbons (Fsp3) is 0.263. The zero-order valence-corrected chi connectivity index (χ0v) is 15.8. The number of hydrogen-bond donors (Lipinski definition) is 1. The summed E-state index contributed by atoms with van der Waals surface area (Å²) >= 11 is 1.44. The van der Waals surface area contributed by atoms with Crippen molar-refractivity contribution in [1.29, 1.82) is 0 Å². The molecule has 28 heavy (non-hydrogen) atoms. The summed E-state index contributed by atoms with van der Waals surface area (Å²) in [6.45, 7) is -3.00. The van der Waals surface area contributed by atoms with Crippen molar-refractivity contribution in [1.82, 2.24) is 5.32 Å². The van der Waals surface area contributed by atoms with Gasteiger partial charge in [0.25, 0.3) is 0 Å². The first kappa shape index (κ1) is 19.9. The van der Waals surface area contributed by atoms with Gasteiger partial charge in [0.05, 0.1) is 18.6 Å². The first-order valence-corrected chi connectivity index (χ1v) is 9.37. The topological polar surface area (TPSA) is 67.9 Å². The summed E-state index contributed by atoms with van der Waals surface area (Å²) in [7, 11) is 1.35. The van der Waals surface area contributed by atoms with Gasteiger partial charge in [0, 0.05) is 11.4 Å². The van der Waals surface area contributed by atoms with E-state index >= 15 is 0 Å². The van der Waals surface area contributed by atoms with Crippen LogP contribution in [0, 0.1) is 0 Å². The highest BCUT2D eigenvalue weighted by Gasteiger charge is 2.26. The lowest BCUT2D eigenvalue weighted by Crippen LogP contribution is -2.43. The molecule has 0 fully saturated rings. The number of benzene rings is 2. The fourth-order valence-corrected chi connectivity index (χ4v) is 3.68. The molecule has 3 rings (SSSR count). The molecule has 0 radical (unpaired) electrons. The molecule has 0 bridgehead atoms. The summed E-state index contributed by atoms with van der Waals surface area (Å²) in [4.78, 5) is 26.9. The first-order valence-electron chi connectivity index (χ1n) is 8.38. The number of rotatable bonds is 7. The van der Waals surface area contributed by atoms with Crippen LogP contribution in [0.3, 0.4) is 0 Å². The summed E-state index contributed by atoms with van der Waals surface area (Å²) in [6.07, 6.45) is 0. The molecule has 0 aromatic heterocycles. The number of carbonyl (C=O) groups excluding carboxylic acids is 2. The summed E-state index contributed by atoms with van der Waals surface area (Å²) < 4.78 is 34.4. The van der Waals surface area contributed by atoms with E-state index in [4.69, 9.17) is 4.74 Å². The monoisotopic (exact) mass is 408 g/mol. The summed E-state index contributed by atoms with van der Waals surface area (Å²) in [5, 5.41) is 2.69. The Morgan fingerprint density at radius 1 is 1.25 bits per heavy atom. The van der Waals surface area contributed by atoms with Gasteiger partial charge in [0.15, 0.2) is 11.5 Å². The molecule has 1 aliphatic rings. The van der Waals surface area contributed by atoms with Crippen molar-refractivity contribution >= 4 is 29.3 Å². The number of para-hydroxylation sites is 1. The third kappa shape index (κ3) is 4.72. The standard InChI is InChI=1S/C19H18F2N2O4S/c1-26-14-7-6-12(8-15(14)27-19(20)21)9-22-17(24)10-23-13-4-2-3-5-16(13)28-11-18(23)25/h2-8,19H,9-11H2,1H3,(H,22,24). The van der Waals surface area contributed by atoms with Gasteiger partial charge in [-0.05, 0) is 29.8 Å². The van der Waals surface area contributed by atoms with Crippen molar-refractivity contribution in [3.05, 3.63) is 48.0 Å². The average molecular weight is 408 g/mol. The normalized spacial score (nSPS) is 13.3. The van der Waals surface area contributed by atoms with Crippen LogP contribution in [0.1, 0.15) is 5.56 Å². The van der Waals surface area contributed by atoms with E-state index in [0.29, 0.717) is 11.3 Å². The van der Waals surface area contributed by atoms with Gasteiger partial charge in [-0.1, -0.05) is 18.2 Å². The minimum absolute atomic E-state index is 0.0981. The lowest BCUT2D eigenvalue weighted by atomic mass is 10.2. The zero-order chi connectivity index (χ0) is 20.1. The number of carbonyl (C=O) groups is 2. The van der Waals surface area contributed by atoms with Gasteiger partial charge in [-0.2, -0.15) is 8.78 Å². The largest absolute Gasteiger partial charge is 0.493 e. The van der Waals surface area contributed by atoms with E-state index in [2.05, 4.69) is 10.1 Å². The maximum absolute atomic E-state index is 12.5. The van der Waals surface area contributed by atoms with Crippen LogP contribution in [0.2, 0.25) is 0 Å². The van der Waals surface area contributed by atoms with Crippen molar-refractivity contribution in [3.63, 3.8) is 0 Å². The molecular formula is C19H18F2N2O4S. The second-order valence-corrected chi connectivity index (χ2v) is 6.89. The number of anilines is 1. The second kappa shape index (κ2) is 8.92. The van der Waals surface area contributed by atoms with Crippen molar-refractivity contribution < 1.29 is 27.8 Å². The number of nitrogens with zero attached hydrogens (tertiary/aromatic N) is 1. The molecule has 1 N–H and O–H groups in total. The number of halogens is 2. The number of fused-ring (bicyclic) bond motifs is 1. The van der Waals surface area contributed by atoms with Crippen LogP contribution in [-0.2, 0) is 16.1 Å². The average Bonchev–Trinajstić information content (AvgIpc) is 2.68. The number of thioether (sulfide) groups is 1. The third-order valence-electron chi connectivity index (χ3n) is 4.04. The SMILES string of the molecule is COc1ccc(CNC(=O)CN2C(=O)CSc3ccccc32)cc1OC(F)F. The van der Waals surface area contributed by atoms with Gasteiger partial charge in [-0.3, -0.25) is 9.59 Å². The van der Waals surface area contributed by atoms with Crippen LogP contribution in [-0.4, -0.2) is 37.8 Å². The van der Waals surface area contributed by atoms with Gasteiger partial charge in [0.1, 0.15) is 6.54 Å². The Labute approximate surface area is 164 Å². The Morgan fingerprint density at radius 2 is 2.04 bits per heavy atom. The van der Waals surface area contributed by atoms with Gasteiger partial charge in [0.2, 0.25) is 11.8 Å². The minimum atomic E-state index is -2.98. The molecule has 0 spiro atoms. The van der Waals surface area contributed by atoms with E-state index in [0.717, 1.165) is 4.90 Å². The van der Waals surface area contributed by atoms with Crippen molar-refractivity contribution in [3.8, 4) is 11.5 Å². The Kier molecular flexibility index (Phi) is 6.35. The molecule has 6 nitrogen and oxygen atoms in total. The molecule has 0 saturated heterocycles. The molecule has 2 aromatic rings. The van der Waals surface area contributed by atoms with E-state index < -0.39 is 6.61 Å². The van der Waals surface area contributed by atoms with Crippen molar-refractivity contribution in [2.75, 3.05) is 24.3 Å². The van der Waals surface area contributed by atoms with E-state index in [-0.39, 0.29) is 42.2 Å². The molecule has 0 unspecified atom stereocenters. The van der Waals surface area contributed by atoms with Gasteiger partial charge in [-0.15, -0.1) is 11.8 Å². The Morgan fingerprint density at radius 3 is 2.79 bits per heavy atom. The molecule has 0 saturated carbocycles. The van der Waals surface area contributed by atoms with Crippen LogP contribution in [0.15, 0.2) is 47.4 Å². The zero-order valence-electron chi connectivity index (χ0n) is 15.0. The molecule has 1 heterocycles. The summed E-state index contributed by atoms with van der Waals surface area (Å²) in [6, 6.07) is 11.9. The van der Waals surface area contributed by atoms with Gasteiger partial charge < -0.3 is 19.7 Å². The molecular weight excluding hydrogens is 390 g/mol. The smallest absolute Gasteiger partial charge is 0.387 e. The Balaban J connectivity index is 1.64. The molecule has 2 amide bonds. The van der Waals surface area contributed by atoms with Crippen molar-refractivity contribution in [2.45, 2.75) is 18.1 Å². The van der Waals surface area contributed by atoms with Crippen LogP contribution >= 0.6 is 11.8 Å². The predicted octanol–water partition coefficient (Wildman–Crippen LogP) is 3.05. The highest BCUT2D eigenvalue weighted by Crippen LogP contribution is 2.34. The molecule has 1 aliphatic heterocycles. The fourth-order valence-electron chi connectivity index (χ4n) is 2.75. The Bertz CT molecular complexity index is 879. The van der Waals surface area contributed by atoms with Crippen LogP contribution in [0.5, 0.6) is 11.5 Å². The summed E-state index contributed by atoms with van der Waals surface area (Å²) in [5.74, 6) is -0.167. The molecule has 148 valence electrons. The quantitative estimate of drug-likeness (QED) is 0.763. The number of amides is 2. The van der Waals surface area contributed by atoms with Gasteiger partial charge >= 0.3 is 6.61 Å². The maximum atomic E-state index is 12.5. The third-order valence-corrected chi connectivity index (χ3v) is 5.09. The van der Waals surface area contributed by atoms with Crippen molar-refractivity contribution in [2.24, 2.45) is 0 Å².